The van der Waals surface area contributed by atoms with Crippen LogP contribution in [-0.2, 0) is 22.6 Å². The quantitative estimate of drug-likeness (QED) is 0.212. The number of anilines is 1. The van der Waals surface area contributed by atoms with Gasteiger partial charge in [0.05, 0.1) is 11.6 Å². The molecule has 7 N–H and O–H groups in total. The lowest BCUT2D eigenvalue weighted by Crippen LogP contribution is -2.63. The van der Waals surface area contributed by atoms with Gasteiger partial charge in [-0.3, -0.25) is 24.2 Å². The second-order valence-electron chi connectivity index (χ2n) is 12.6. The van der Waals surface area contributed by atoms with Gasteiger partial charge in [-0.15, -0.1) is 0 Å². The van der Waals surface area contributed by atoms with Crippen LogP contribution in [0.1, 0.15) is 40.7 Å². The summed E-state index contributed by atoms with van der Waals surface area (Å²) in [7, 11) is 3.22. The summed E-state index contributed by atoms with van der Waals surface area (Å²) in [6, 6.07) is 12.6. The fraction of sp³-hybridized carbons (Fsp3) is 0.424. The zero-order chi connectivity index (χ0) is 31.5. The first-order valence-electron chi connectivity index (χ1n) is 15.0. The highest BCUT2D eigenvalue weighted by atomic mass is 16.3. The normalized spacial score (nSPS) is 27.7. The van der Waals surface area contributed by atoms with Crippen molar-refractivity contribution >= 4 is 23.2 Å². The van der Waals surface area contributed by atoms with E-state index in [-0.39, 0.29) is 35.8 Å². The molecule has 0 saturated carbocycles. The van der Waals surface area contributed by atoms with Gasteiger partial charge in [-0.25, -0.2) is 0 Å². The van der Waals surface area contributed by atoms with Crippen LogP contribution in [0.3, 0.4) is 0 Å². The number of Topliss-reactive ketones (excluding diaryl/α,β-unsaturated/α-hetero) is 2. The van der Waals surface area contributed by atoms with E-state index in [1.54, 1.807) is 25.1 Å². The van der Waals surface area contributed by atoms with Crippen LogP contribution in [0.4, 0.5) is 5.69 Å². The molecule has 0 unspecified atom stereocenters. The lowest BCUT2D eigenvalue weighted by atomic mass is 9.58. The maximum atomic E-state index is 14.0. The molecule has 1 heterocycles. The van der Waals surface area contributed by atoms with Crippen molar-refractivity contribution in [3.63, 3.8) is 0 Å². The number of carbonyl (C=O) groups excluding carboxylic acids is 3. The first-order valence-corrected chi connectivity index (χ1v) is 15.0. The summed E-state index contributed by atoms with van der Waals surface area (Å²) in [4.78, 5) is 43.5. The average Bonchev–Trinajstić information content (AvgIpc) is 2.97. The van der Waals surface area contributed by atoms with E-state index in [1.165, 1.54) is 11.6 Å². The lowest BCUT2D eigenvalue weighted by molar-refractivity contribution is -0.148. The van der Waals surface area contributed by atoms with Crippen LogP contribution in [-0.4, -0.2) is 92.6 Å². The highest BCUT2D eigenvalue weighted by molar-refractivity contribution is 6.24. The van der Waals surface area contributed by atoms with E-state index >= 15 is 0 Å². The van der Waals surface area contributed by atoms with Crippen molar-refractivity contribution in [2.75, 3.05) is 32.5 Å². The summed E-state index contributed by atoms with van der Waals surface area (Å²) in [5.74, 6) is -6.56. The molecular formula is C33H38N4O7. The molecule has 0 bridgehead atoms. The second-order valence-corrected chi connectivity index (χ2v) is 12.6. The van der Waals surface area contributed by atoms with Crippen LogP contribution in [0.15, 0.2) is 65.1 Å². The predicted octanol–water partition coefficient (Wildman–Crippen LogP) is 2.20. The van der Waals surface area contributed by atoms with Crippen molar-refractivity contribution in [3.8, 4) is 5.75 Å². The first-order chi connectivity index (χ1) is 20.9. The number of amides is 1. The Balaban J connectivity index is 1.30. The molecule has 1 amide bonds. The van der Waals surface area contributed by atoms with Crippen LogP contribution in [0.25, 0.3) is 0 Å². The van der Waals surface area contributed by atoms with E-state index in [0.717, 1.165) is 38.2 Å². The number of hydrogen-bond acceptors (Lipinski definition) is 10. The number of aliphatic hydroxyl groups is 3. The van der Waals surface area contributed by atoms with Crippen LogP contribution >= 0.6 is 0 Å². The standard InChI is InChI=1S/C33H38N4O7/c1-36(2)27-21-15-18-14-20-22(35-19-10-12-37(13-11-19)16-17-6-4-3-5-7-17)8-9-23(38)25(20)28(39)24(18)30(41)33(21,44)31(42)26(29(27)40)32(34)43/h3-9,18-19,21,27,35,38,40-41,44H,10-16H2,1-2H3,(H2,34,43)/t18-,21-,27-,33-/m1/s1. The average molecular weight is 603 g/mol. The highest BCUT2D eigenvalue weighted by Gasteiger charge is 2.63. The fourth-order valence-electron chi connectivity index (χ4n) is 7.68. The van der Waals surface area contributed by atoms with Crippen molar-refractivity contribution in [3.05, 3.63) is 81.8 Å². The van der Waals surface area contributed by atoms with Gasteiger partial charge >= 0.3 is 0 Å². The van der Waals surface area contributed by atoms with E-state index in [9.17, 15) is 34.8 Å². The van der Waals surface area contributed by atoms with Crippen LogP contribution in [0, 0.1) is 11.8 Å². The van der Waals surface area contributed by atoms with Gasteiger partial charge in [0.1, 0.15) is 22.8 Å². The van der Waals surface area contributed by atoms with E-state index in [1.807, 2.05) is 18.2 Å². The molecule has 1 fully saturated rings. The monoisotopic (exact) mass is 602 g/mol. The van der Waals surface area contributed by atoms with Crippen molar-refractivity contribution in [2.45, 2.75) is 49.9 Å². The number of benzene rings is 2. The summed E-state index contributed by atoms with van der Waals surface area (Å²) in [6.07, 6.45) is 2.08. The summed E-state index contributed by atoms with van der Waals surface area (Å²) in [5.41, 5.74) is 4.37. The lowest BCUT2D eigenvalue weighted by Gasteiger charge is -2.50. The topological polar surface area (TPSA) is 177 Å². The fourth-order valence-corrected chi connectivity index (χ4v) is 7.68. The first kappa shape index (κ1) is 29.9. The van der Waals surface area contributed by atoms with Gasteiger partial charge in [0, 0.05) is 42.9 Å². The number of nitrogens with two attached hydrogens (primary N) is 1. The molecule has 1 saturated heterocycles. The predicted molar refractivity (Wildman–Crippen MR) is 162 cm³/mol. The number of rotatable bonds is 6. The van der Waals surface area contributed by atoms with E-state index in [0.29, 0.717) is 5.56 Å². The summed E-state index contributed by atoms with van der Waals surface area (Å²) >= 11 is 0. The number of nitrogens with one attached hydrogen (secondary N) is 1. The third-order valence-electron chi connectivity index (χ3n) is 9.80. The zero-order valence-electron chi connectivity index (χ0n) is 24.8. The number of hydrogen-bond donors (Lipinski definition) is 6. The Bertz CT molecular complexity index is 1590. The van der Waals surface area contributed by atoms with Gasteiger partial charge in [0.15, 0.2) is 11.4 Å². The van der Waals surface area contributed by atoms with Crippen LogP contribution in [0.5, 0.6) is 5.75 Å². The smallest absolute Gasteiger partial charge is 0.255 e. The number of allylic oxidation sites excluding steroid dienone is 1. The SMILES string of the molecule is CN(C)[C@H]1C(O)=C(C(N)=O)C(=O)[C@]2(O)C(O)=C3C(=O)c4c(O)ccc(NC5CCN(Cc6ccccc6)CC5)c4C[C@@H]3C[C@H]12. The molecule has 0 radical (unpaired) electrons. The summed E-state index contributed by atoms with van der Waals surface area (Å²) in [5, 5.41) is 48.6. The summed E-state index contributed by atoms with van der Waals surface area (Å²) in [6.45, 7) is 2.69. The Morgan fingerprint density at radius 1 is 1.07 bits per heavy atom. The van der Waals surface area contributed by atoms with Crippen molar-refractivity contribution in [2.24, 2.45) is 17.6 Å². The molecular weight excluding hydrogens is 564 g/mol. The van der Waals surface area contributed by atoms with E-state index in [4.69, 9.17) is 5.73 Å². The molecule has 2 aromatic carbocycles. The number of fused-ring (bicyclic) bond motifs is 3. The molecule has 3 aliphatic carbocycles. The molecule has 4 aliphatic rings. The Morgan fingerprint density at radius 3 is 2.39 bits per heavy atom. The molecule has 0 aromatic heterocycles. The summed E-state index contributed by atoms with van der Waals surface area (Å²) < 4.78 is 0. The number of likely N-dealkylation sites (N-methyl/N-ethyl adjacent to an activating group) is 1. The molecule has 4 atom stereocenters. The molecule has 11 nitrogen and oxygen atoms in total. The number of aromatic hydroxyl groups is 1. The largest absolute Gasteiger partial charge is 0.510 e. The molecule has 44 heavy (non-hydrogen) atoms. The van der Waals surface area contributed by atoms with Gasteiger partial charge in [0.2, 0.25) is 5.78 Å². The minimum atomic E-state index is -2.65. The molecule has 0 spiro atoms. The molecule has 232 valence electrons. The minimum Gasteiger partial charge on any atom is -0.510 e. The number of phenols is 1. The molecule has 6 rings (SSSR count). The number of carbonyl (C=O) groups is 3. The number of primary amides is 1. The highest BCUT2D eigenvalue weighted by Crippen LogP contribution is 2.53. The van der Waals surface area contributed by atoms with Gasteiger partial charge in [-0.05, 0) is 69.0 Å². The minimum absolute atomic E-state index is 0.0114. The van der Waals surface area contributed by atoms with Crippen molar-refractivity contribution < 1.29 is 34.8 Å². The Hall–Kier alpha value is -4.19. The van der Waals surface area contributed by atoms with Gasteiger partial charge in [-0.1, -0.05) is 30.3 Å². The second kappa shape index (κ2) is 11.1. The van der Waals surface area contributed by atoms with Gasteiger partial charge < -0.3 is 31.5 Å². The molecule has 2 aromatic rings. The number of nitrogens with zero attached hydrogens (tertiary/aromatic N) is 2. The van der Waals surface area contributed by atoms with Gasteiger partial charge in [-0.2, -0.15) is 0 Å². The maximum Gasteiger partial charge on any atom is 0.255 e. The molecule has 1 aliphatic heterocycles. The van der Waals surface area contributed by atoms with Gasteiger partial charge in [0.25, 0.3) is 5.91 Å². The number of likely N-dealkylation sites (tertiary alicyclic amines) is 1. The van der Waals surface area contributed by atoms with Crippen LogP contribution in [0.2, 0.25) is 0 Å². The van der Waals surface area contributed by atoms with Crippen LogP contribution < -0.4 is 11.1 Å². The van der Waals surface area contributed by atoms with Crippen molar-refractivity contribution in [1.82, 2.24) is 9.80 Å². The number of piperidine rings is 1. The number of ketones is 2. The zero-order valence-corrected chi connectivity index (χ0v) is 24.8. The third kappa shape index (κ3) is 4.66. The number of phenolic OH excluding ortho intramolecular Hbond substituents is 1. The third-order valence-corrected chi connectivity index (χ3v) is 9.80. The van der Waals surface area contributed by atoms with Crippen molar-refractivity contribution in [1.29, 1.82) is 0 Å². The molecule has 11 heteroatoms. The van der Waals surface area contributed by atoms with E-state index < -0.39 is 58.0 Å². The Labute approximate surface area is 255 Å². The Kier molecular flexibility index (Phi) is 7.51. The Morgan fingerprint density at radius 2 is 1.75 bits per heavy atom. The maximum absolute atomic E-state index is 14.0. The number of aliphatic hydroxyl groups excluding tert-OH is 2. The van der Waals surface area contributed by atoms with E-state index in [2.05, 4.69) is 22.3 Å².